The molecule has 5 fully saturated rings. The second kappa shape index (κ2) is 8.71. The third-order valence-corrected chi connectivity index (χ3v) is 14.7. The minimum atomic E-state index is -0.349. The SMILES string of the molecule is CC(C)[C@@H]1CC[C@]2(C)CC[C@]3(C)[C@H](CC[C@@H]4[C@]5(C)C/C(=C/c6ccccc6)[C@@H](O)C(C)(C)[C@@H]5CC[C@]43C)[C@@H]12. The van der Waals surface area contributed by atoms with E-state index < -0.39 is 0 Å². The fourth-order valence-corrected chi connectivity index (χ4v) is 12.7. The molecule has 0 saturated heterocycles. The van der Waals surface area contributed by atoms with E-state index in [-0.39, 0.29) is 16.9 Å². The Morgan fingerprint density at radius 1 is 0.789 bits per heavy atom. The molecule has 5 aliphatic rings. The molecule has 1 aromatic carbocycles. The maximum Gasteiger partial charge on any atom is 0.0807 e. The topological polar surface area (TPSA) is 20.2 Å². The van der Waals surface area contributed by atoms with Crippen LogP contribution < -0.4 is 0 Å². The molecular weight excluding hydrogens is 460 g/mol. The van der Waals surface area contributed by atoms with E-state index in [4.69, 9.17) is 0 Å². The summed E-state index contributed by atoms with van der Waals surface area (Å²) >= 11 is 0. The molecule has 5 saturated carbocycles. The van der Waals surface area contributed by atoms with Gasteiger partial charge in [-0.05, 0) is 132 Å². The highest BCUT2D eigenvalue weighted by molar-refractivity contribution is 5.55. The normalized spacial score (nSPS) is 50.7. The number of hydrogen-bond donors (Lipinski definition) is 1. The molecule has 1 nitrogen and oxygen atoms in total. The monoisotopic (exact) mass is 516 g/mol. The minimum Gasteiger partial charge on any atom is -0.388 e. The summed E-state index contributed by atoms with van der Waals surface area (Å²) in [6, 6.07) is 10.7. The van der Waals surface area contributed by atoms with Gasteiger partial charge < -0.3 is 5.11 Å². The first-order valence-corrected chi connectivity index (χ1v) is 16.2. The molecule has 1 heteroatoms. The first-order chi connectivity index (χ1) is 17.8. The van der Waals surface area contributed by atoms with Crippen molar-refractivity contribution < 1.29 is 5.11 Å². The molecule has 38 heavy (non-hydrogen) atoms. The highest BCUT2D eigenvalue weighted by Crippen LogP contribution is 2.77. The molecule has 0 spiro atoms. The number of rotatable bonds is 2. The molecule has 0 heterocycles. The van der Waals surface area contributed by atoms with Crippen LogP contribution in [0.4, 0.5) is 0 Å². The van der Waals surface area contributed by atoms with E-state index in [1.807, 2.05) is 0 Å². The Morgan fingerprint density at radius 2 is 1.50 bits per heavy atom. The van der Waals surface area contributed by atoms with E-state index >= 15 is 0 Å². The van der Waals surface area contributed by atoms with Crippen molar-refractivity contribution in [1.29, 1.82) is 0 Å². The zero-order chi connectivity index (χ0) is 27.3. The maximum absolute atomic E-state index is 11.8. The largest absolute Gasteiger partial charge is 0.388 e. The Hall–Kier alpha value is -1.08. The molecule has 0 aromatic heterocycles. The number of fused-ring (bicyclic) bond motifs is 7. The summed E-state index contributed by atoms with van der Waals surface area (Å²) < 4.78 is 0. The third-order valence-electron chi connectivity index (χ3n) is 14.7. The van der Waals surface area contributed by atoms with Gasteiger partial charge in [-0.2, -0.15) is 0 Å². The summed E-state index contributed by atoms with van der Waals surface area (Å²) in [4.78, 5) is 0. The Morgan fingerprint density at radius 3 is 2.18 bits per heavy atom. The Bertz CT molecular complexity index is 1080. The molecule has 10 atom stereocenters. The third kappa shape index (κ3) is 3.51. The van der Waals surface area contributed by atoms with Crippen LogP contribution in [0.25, 0.3) is 6.08 Å². The van der Waals surface area contributed by atoms with Crippen molar-refractivity contribution in [3.63, 3.8) is 0 Å². The average Bonchev–Trinajstić information content (AvgIpc) is 3.21. The lowest BCUT2D eigenvalue weighted by Gasteiger charge is -2.73. The average molecular weight is 517 g/mol. The number of aliphatic hydroxyl groups excluding tert-OH is 1. The molecule has 0 bridgehead atoms. The lowest BCUT2D eigenvalue weighted by atomic mass is 9.32. The summed E-state index contributed by atoms with van der Waals surface area (Å²) in [6.45, 7) is 20.7. The molecule has 1 aromatic rings. The van der Waals surface area contributed by atoms with E-state index in [1.165, 1.54) is 62.5 Å². The van der Waals surface area contributed by atoms with Crippen molar-refractivity contribution in [2.75, 3.05) is 0 Å². The van der Waals surface area contributed by atoms with Gasteiger partial charge in [-0.3, -0.25) is 0 Å². The van der Waals surface area contributed by atoms with Gasteiger partial charge in [0.25, 0.3) is 0 Å². The van der Waals surface area contributed by atoms with Crippen molar-refractivity contribution in [3.8, 4) is 0 Å². The van der Waals surface area contributed by atoms with Gasteiger partial charge in [0.2, 0.25) is 0 Å². The smallest absolute Gasteiger partial charge is 0.0807 e. The summed E-state index contributed by atoms with van der Waals surface area (Å²) in [5.41, 5.74) is 4.08. The van der Waals surface area contributed by atoms with Crippen LogP contribution >= 0.6 is 0 Å². The van der Waals surface area contributed by atoms with Gasteiger partial charge in [-0.1, -0.05) is 91.8 Å². The molecule has 0 radical (unpaired) electrons. The zero-order valence-corrected chi connectivity index (χ0v) is 25.8. The molecule has 6 rings (SSSR count). The van der Waals surface area contributed by atoms with Crippen LogP contribution in [0.15, 0.2) is 35.9 Å². The van der Waals surface area contributed by atoms with Crippen LogP contribution in [0.3, 0.4) is 0 Å². The molecule has 210 valence electrons. The fourth-order valence-electron chi connectivity index (χ4n) is 12.7. The van der Waals surface area contributed by atoms with E-state index in [2.05, 4.69) is 91.8 Å². The lowest BCUT2D eigenvalue weighted by Crippen LogP contribution is -2.66. The first-order valence-electron chi connectivity index (χ1n) is 16.2. The molecular formula is C37H56O. The van der Waals surface area contributed by atoms with Crippen LogP contribution in [0, 0.1) is 62.6 Å². The van der Waals surface area contributed by atoms with E-state index in [1.54, 1.807) is 0 Å². The first kappa shape index (κ1) is 27.1. The lowest BCUT2D eigenvalue weighted by molar-refractivity contribution is -0.240. The predicted octanol–water partition coefficient (Wildman–Crippen LogP) is 9.80. The zero-order valence-electron chi connectivity index (χ0n) is 25.8. The number of aliphatic hydroxyl groups is 1. The predicted molar refractivity (Wildman–Crippen MR) is 160 cm³/mol. The second-order valence-electron chi connectivity index (χ2n) is 16.8. The maximum atomic E-state index is 11.8. The van der Waals surface area contributed by atoms with Crippen LogP contribution in [-0.4, -0.2) is 11.2 Å². The fraction of sp³-hybridized carbons (Fsp3) is 0.784. The number of hydrogen-bond acceptors (Lipinski definition) is 1. The molecule has 5 aliphatic carbocycles. The Balaban J connectivity index is 1.40. The quantitative estimate of drug-likeness (QED) is 0.415. The van der Waals surface area contributed by atoms with Crippen molar-refractivity contribution in [3.05, 3.63) is 41.5 Å². The van der Waals surface area contributed by atoms with Gasteiger partial charge in [0.1, 0.15) is 0 Å². The molecule has 0 amide bonds. The molecule has 0 unspecified atom stereocenters. The van der Waals surface area contributed by atoms with Crippen LogP contribution in [0.1, 0.15) is 119 Å². The molecule has 1 N–H and O–H groups in total. The van der Waals surface area contributed by atoms with Gasteiger partial charge in [0, 0.05) is 0 Å². The van der Waals surface area contributed by atoms with Crippen molar-refractivity contribution in [2.45, 2.75) is 119 Å². The highest BCUT2D eigenvalue weighted by atomic mass is 16.3. The summed E-state index contributed by atoms with van der Waals surface area (Å²) in [5, 5.41) is 11.8. The van der Waals surface area contributed by atoms with Crippen LogP contribution in [-0.2, 0) is 0 Å². The van der Waals surface area contributed by atoms with Crippen molar-refractivity contribution in [2.24, 2.45) is 62.6 Å². The van der Waals surface area contributed by atoms with E-state index in [9.17, 15) is 5.11 Å². The Kier molecular flexibility index (Phi) is 6.21. The minimum absolute atomic E-state index is 0.0912. The highest BCUT2D eigenvalue weighted by Gasteiger charge is 2.70. The van der Waals surface area contributed by atoms with Gasteiger partial charge in [0.05, 0.1) is 6.10 Å². The van der Waals surface area contributed by atoms with Gasteiger partial charge in [-0.25, -0.2) is 0 Å². The Labute approximate surface area is 234 Å². The molecule has 0 aliphatic heterocycles. The summed E-state index contributed by atoms with van der Waals surface area (Å²) in [7, 11) is 0. The van der Waals surface area contributed by atoms with Crippen LogP contribution in [0.2, 0.25) is 0 Å². The van der Waals surface area contributed by atoms with E-state index in [0.717, 1.165) is 36.0 Å². The number of benzene rings is 1. The standard InChI is InChI=1S/C37H56O/c1-24(2)27-16-18-34(5)20-21-36(7)28(31(27)34)14-15-30-35(6)23-26(22-25-12-10-9-11-13-25)32(38)33(3,4)29(35)17-19-37(30,36)8/h9-13,22,24,27-32,38H,14-21,23H2,1-8H3/b26-22-/t27-,28+,29-,30+,31+,32+,34+,35+,36+,37+/m0/s1. The van der Waals surface area contributed by atoms with Gasteiger partial charge >= 0.3 is 0 Å². The second-order valence-corrected chi connectivity index (χ2v) is 16.8. The summed E-state index contributed by atoms with van der Waals surface area (Å²) in [5.74, 6) is 4.86. The van der Waals surface area contributed by atoms with E-state index in [0.29, 0.717) is 22.2 Å². The van der Waals surface area contributed by atoms with Gasteiger partial charge in [-0.15, -0.1) is 0 Å². The summed E-state index contributed by atoms with van der Waals surface area (Å²) in [6.07, 6.45) is 14.3. The van der Waals surface area contributed by atoms with Crippen LogP contribution in [0.5, 0.6) is 0 Å². The van der Waals surface area contributed by atoms with Crippen molar-refractivity contribution in [1.82, 2.24) is 0 Å². The van der Waals surface area contributed by atoms with Crippen molar-refractivity contribution >= 4 is 6.08 Å². The van der Waals surface area contributed by atoms with Gasteiger partial charge in [0.15, 0.2) is 0 Å².